The topological polar surface area (TPSA) is 29.1 Å². The maximum Gasteiger partial charge on any atom is 0.185 e. The summed E-state index contributed by atoms with van der Waals surface area (Å²) in [7, 11) is 3.75. The molecule has 1 fully saturated rings. The Hall–Kier alpha value is -2.45. The summed E-state index contributed by atoms with van der Waals surface area (Å²) < 4.78 is 0. The van der Waals surface area contributed by atoms with Crippen LogP contribution >= 0.6 is 0 Å². The van der Waals surface area contributed by atoms with Crippen molar-refractivity contribution in [2.24, 2.45) is 0 Å². The average molecular weight is 348 g/mol. The van der Waals surface area contributed by atoms with Crippen molar-refractivity contribution in [3.63, 3.8) is 0 Å². The fraction of sp³-hybridized carbons (Fsp3) is 0.292. The van der Waals surface area contributed by atoms with Gasteiger partial charge in [0.1, 0.15) is 0 Å². The van der Waals surface area contributed by atoms with E-state index in [1.165, 1.54) is 11.1 Å². The van der Waals surface area contributed by atoms with Crippen LogP contribution in [0.4, 0.5) is 0 Å². The monoisotopic (exact) mass is 347 g/mol. The van der Waals surface area contributed by atoms with E-state index in [1.807, 2.05) is 38.4 Å². The molecule has 0 aliphatic heterocycles. The highest BCUT2D eigenvalue weighted by atomic mass is 16.1. The van der Waals surface area contributed by atoms with Gasteiger partial charge in [-0.15, -0.1) is 0 Å². The van der Waals surface area contributed by atoms with Crippen LogP contribution < -0.4 is 5.32 Å². The molecule has 1 aliphatic carbocycles. The van der Waals surface area contributed by atoms with Gasteiger partial charge in [0.2, 0.25) is 0 Å². The fourth-order valence-corrected chi connectivity index (χ4v) is 3.05. The predicted octanol–water partition coefficient (Wildman–Crippen LogP) is 5.36. The van der Waals surface area contributed by atoms with Gasteiger partial charge in [-0.1, -0.05) is 48.5 Å². The summed E-state index contributed by atoms with van der Waals surface area (Å²) in [5, 5.41) is 2.75. The van der Waals surface area contributed by atoms with Gasteiger partial charge in [0.05, 0.1) is 0 Å². The second-order valence-corrected chi connectivity index (χ2v) is 6.74. The number of hydrogen-bond donors (Lipinski definition) is 1. The highest BCUT2D eigenvalue weighted by molar-refractivity contribution is 6.14. The van der Waals surface area contributed by atoms with Gasteiger partial charge in [-0.3, -0.25) is 4.79 Å². The molecule has 0 aromatic heterocycles. The summed E-state index contributed by atoms with van der Waals surface area (Å²) in [4.78, 5) is 12.8. The Balaban J connectivity index is 0.000000758. The molecule has 0 unspecified atom stereocenters. The summed E-state index contributed by atoms with van der Waals surface area (Å²) in [6, 6.07) is 16.4. The molecule has 136 valence electrons. The minimum Gasteiger partial charge on any atom is -0.323 e. The van der Waals surface area contributed by atoms with Gasteiger partial charge in [-0.25, -0.2) is 0 Å². The first-order valence-corrected chi connectivity index (χ1v) is 9.22. The molecule has 2 aromatic rings. The molecule has 0 saturated heterocycles. The molecule has 0 bridgehead atoms. The molecular formula is C24H29NO. The van der Waals surface area contributed by atoms with Crippen molar-refractivity contribution in [1.29, 1.82) is 0 Å². The van der Waals surface area contributed by atoms with Crippen molar-refractivity contribution in [3.8, 4) is 0 Å². The van der Waals surface area contributed by atoms with Gasteiger partial charge < -0.3 is 5.32 Å². The lowest BCUT2D eigenvalue weighted by Gasteiger charge is -2.17. The first-order chi connectivity index (χ1) is 12.6. The summed E-state index contributed by atoms with van der Waals surface area (Å²) in [5.74, 6) is 0.211. The predicted molar refractivity (Wildman–Crippen MR) is 112 cm³/mol. The largest absolute Gasteiger partial charge is 0.323 e. The van der Waals surface area contributed by atoms with E-state index < -0.39 is 0 Å². The fourth-order valence-electron chi connectivity index (χ4n) is 3.05. The number of ketones is 1. The number of rotatable bonds is 2. The van der Waals surface area contributed by atoms with Crippen molar-refractivity contribution in [2.45, 2.75) is 33.1 Å². The zero-order valence-corrected chi connectivity index (χ0v) is 16.3. The molecule has 1 saturated carbocycles. The second-order valence-electron chi connectivity index (χ2n) is 6.74. The van der Waals surface area contributed by atoms with E-state index in [2.05, 4.69) is 55.6 Å². The first kappa shape index (κ1) is 19.9. The number of Topliss-reactive ketones (excluding diaryl/α,β-unsaturated/α-hetero) is 1. The third-order valence-corrected chi connectivity index (χ3v) is 4.51. The lowest BCUT2D eigenvalue weighted by molar-refractivity contribution is -0.112. The van der Waals surface area contributed by atoms with E-state index in [1.54, 1.807) is 0 Å². The molecular weight excluding hydrogens is 318 g/mol. The van der Waals surface area contributed by atoms with Crippen molar-refractivity contribution < 1.29 is 4.79 Å². The highest BCUT2D eigenvalue weighted by Crippen LogP contribution is 2.29. The van der Waals surface area contributed by atoms with Crippen LogP contribution in [0.15, 0.2) is 59.7 Å². The highest BCUT2D eigenvalue weighted by Gasteiger charge is 2.20. The van der Waals surface area contributed by atoms with Crippen LogP contribution in [-0.4, -0.2) is 19.9 Å². The lowest BCUT2D eigenvalue weighted by atomic mass is 9.86. The van der Waals surface area contributed by atoms with Crippen LogP contribution in [0.2, 0.25) is 0 Å². The Bertz CT molecular complexity index is 749. The molecule has 26 heavy (non-hydrogen) atoms. The number of nitrogens with one attached hydrogen (secondary N) is 1. The van der Waals surface area contributed by atoms with E-state index in [9.17, 15) is 4.79 Å². The minimum atomic E-state index is 0.211. The maximum atomic E-state index is 12.8. The van der Waals surface area contributed by atoms with Crippen molar-refractivity contribution in [1.82, 2.24) is 5.32 Å². The molecule has 0 heterocycles. The second kappa shape index (κ2) is 9.88. The van der Waals surface area contributed by atoms with E-state index in [0.717, 1.165) is 41.5 Å². The molecule has 0 radical (unpaired) electrons. The van der Waals surface area contributed by atoms with Crippen LogP contribution in [0.25, 0.3) is 12.2 Å². The van der Waals surface area contributed by atoms with Crippen LogP contribution in [0.1, 0.15) is 41.5 Å². The average Bonchev–Trinajstić information content (AvgIpc) is 2.63. The van der Waals surface area contributed by atoms with Crippen molar-refractivity contribution in [3.05, 3.63) is 81.9 Å². The number of hydrogen-bond acceptors (Lipinski definition) is 2. The number of allylic oxidation sites excluding steroid dienone is 2. The van der Waals surface area contributed by atoms with Crippen molar-refractivity contribution >= 4 is 17.9 Å². The Morgan fingerprint density at radius 3 is 1.54 bits per heavy atom. The first-order valence-electron chi connectivity index (χ1n) is 9.22. The number of aryl methyl sites for hydroxylation is 2. The Morgan fingerprint density at radius 1 is 0.769 bits per heavy atom. The normalized spacial score (nSPS) is 17.2. The number of benzene rings is 2. The molecule has 1 aliphatic rings. The summed E-state index contributed by atoms with van der Waals surface area (Å²) in [5.41, 5.74) is 6.59. The van der Waals surface area contributed by atoms with Crippen LogP contribution in [0, 0.1) is 13.8 Å². The van der Waals surface area contributed by atoms with E-state index >= 15 is 0 Å². The summed E-state index contributed by atoms with van der Waals surface area (Å²) in [6.07, 6.45) is 6.93. The molecule has 2 nitrogen and oxygen atoms in total. The molecule has 1 N–H and O–H groups in total. The third kappa shape index (κ3) is 5.27. The van der Waals surface area contributed by atoms with Gasteiger partial charge >= 0.3 is 0 Å². The van der Waals surface area contributed by atoms with Crippen LogP contribution in [-0.2, 0) is 4.79 Å². The summed E-state index contributed by atoms with van der Waals surface area (Å²) in [6.45, 7) is 4.17. The SMILES string of the molecule is CNC.Cc1ccccc1C=C1CCCC(=Cc2ccccc2C)C1=O. The molecule has 2 heteroatoms. The van der Waals surface area contributed by atoms with E-state index in [0.29, 0.717) is 0 Å². The van der Waals surface area contributed by atoms with E-state index in [-0.39, 0.29) is 5.78 Å². The zero-order chi connectivity index (χ0) is 18.9. The molecule has 0 atom stereocenters. The van der Waals surface area contributed by atoms with E-state index in [4.69, 9.17) is 0 Å². The number of carbonyl (C=O) groups is 1. The molecule has 0 amide bonds. The molecule has 2 aromatic carbocycles. The van der Waals surface area contributed by atoms with Crippen LogP contribution in [0.5, 0.6) is 0 Å². The van der Waals surface area contributed by atoms with Crippen LogP contribution in [0.3, 0.4) is 0 Å². The molecule has 3 rings (SSSR count). The Kier molecular flexibility index (Phi) is 7.55. The standard InChI is InChI=1S/C22H22O.C2H7N/c1-16-8-3-5-10-18(16)14-20-12-7-13-21(22(20)23)15-19-11-6-4-9-17(19)2;1-3-2/h3-6,8-11,14-15H,7,12-13H2,1-2H3;3H,1-2H3. The Morgan fingerprint density at radius 2 is 1.15 bits per heavy atom. The number of carbonyl (C=O) groups excluding carboxylic acids is 1. The lowest BCUT2D eigenvalue weighted by Crippen LogP contribution is -2.12. The van der Waals surface area contributed by atoms with Gasteiger partial charge in [-0.2, -0.15) is 0 Å². The summed E-state index contributed by atoms with van der Waals surface area (Å²) >= 11 is 0. The van der Waals surface area contributed by atoms with Gasteiger partial charge in [0.15, 0.2) is 5.78 Å². The van der Waals surface area contributed by atoms with Gasteiger partial charge in [0, 0.05) is 11.1 Å². The molecule has 0 spiro atoms. The minimum absolute atomic E-state index is 0.211. The third-order valence-electron chi connectivity index (χ3n) is 4.51. The Labute approximate surface area is 157 Å². The quantitative estimate of drug-likeness (QED) is 0.741. The van der Waals surface area contributed by atoms with Gasteiger partial charge in [-0.05, 0) is 81.6 Å². The van der Waals surface area contributed by atoms with Crippen molar-refractivity contribution in [2.75, 3.05) is 14.1 Å². The maximum absolute atomic E-state index is 12.8. The van der Waals surface area contributed by atoms with Gasteiger partial charge in [0.25, 0.3) is 0 Å². The smallest absolute Gasteiger partial charge is 0.185 e. The zero-order valence-electron chi connectivity index (χ0n) is 16.3.